The molecule has 0 saturated carbocycles. The molecule has 1 aromatic rings. The quantitative estimate of drug-likeness (QED) is 0.625. The van der Waals surface area contributed by atoms with Gasteiger partial charge in [0.15, 0.2) is 0 Å². The number of esters is 1. The summed E-state index contributed by atoms with van der Waals surface area (Å²) >= 11 is 0. The first-order valence-corrected chi connectivity index (χ1v) is 6.61. The van der Waals surface area contributed by atoms with E-state index in [1.54, 1.807) is 4.90 Å². The summed E-state index contributed by atoms with van der Waals surface area (Å²) in [6, 6.07) is 2.70. The Labute approximate surface area is 116 Å². The fourth-order valence-electron chi connectivity index (χ4n) is 2.46. The SMILES string of the molecule is COC(=O)CC1CCCCN1C(=O)c1cccnc1F. The molecule has 1 aliphatic rings. The van der Waals surface area contributed by atoms with Gasteiger partial charge in [-0.3, -0.25) is 9.59 Å². The van der Waals surface area contributed by atoms with Gasteiger partial charge in [0.05, 0.1) is 19.1 Å². The minimum absolute atomic E-state index is 0.0516. The fraction of sp³-hybridized carbons (Fsp3) is 0.500. The molecule has 0 N–H and O–H groups in total. The number of piperidine rings is 1. The molecule has 20 heavy (non-hydrogen) atoms. The zero-order valence-corrected chi connectivity index (χ0v) is 11.3. The Morgan fingerprint density at radius 3 is 3.00 bits per heavy atom. The third kappa shape index (κ3) is 3.12. The summed E-state index contributed by atoms with van der Waals surface area (Å²) in [5.41, 5.74) is -0.0516. The Balaban J connectivity index is 2.17. The molecule has 1 atom stereocenters. The molecule has 2 heterocycles. The molecule has 1 amide bonds. The van der Waals surface area contributed by atoms with E-state index in [0.717, 1.165) is 19.3 Å². The third-order valence-electron chi connectivity index (χ3n) is 3.51. The lowest BCUT2D eigenvalue weighted by Crippen LogP contribution is -2.45. The Bertz CT molecular complexity index is 507. The molecule has 1 saturated heterocycles. The van der Waals surface area contributed by atoms with Crippen LogP contribution in [0.3, 0.4) is 0 Å². The smallest absolute Gasteiger partial charge is 0.307 e. The Morgan fingerprint density at radius 2 is 2.30 bits per heavy atom. The van der Waals surface area contributed by atoms with Crippen LogP contribution in [-0.2, 0) is 9.53 Å². The molecule has 0 aliphatic carbocycles. The van der Waals surface area contributed by atoms with Gasteiger partial charge in [0, 0.05) is 18.8 Å². The van der Waals surface area contributed by atoms with Gasteiger partial charge in [0.1, 0.15) is 0 Å². The van der Waals surface area contributed by atoms with Gasteiger partial charge in [0.25, 0.3) is 5.91 Å². The number of methoxy groups -OCH3 is 1. The first-order chi connectivity index (χ1) is 9.63. The number of ether oxygens (including phenoxy) is 1. The van der Waals surface area contributed by atoms with Crippen molar-refractivity contribution in [2.75, 3.05) is 13.7 Å². The number of halogens is 1. The topological polar surface area (TPSA) is 59.5 Å². The van der Waals surface area contributed by atoms with E-state index in [1.807, 2.05) is 0 Å². The van der Waals surface area contributed by atoms with Crippen LogP contribution < -0.4 is 0 Å². The zero-order valence-electron chi connectivity index (χ0n) is 11.3. The molecular formula is C14H17FN2O3. The Kier molecular flexibility index (Phi) is 4.65. The molecule has 0 bridgehead atoms. The summed E-state index contributed by atoms with van der Waals surface area (Å²) in [4.78, 5) is 28.8. The van der Waals surface area contributed by atoms with Crippen LogP contribution in [0.4, 0.5) is 4.39 Å². The highest BCUT2D eigenvalue weighted by Gasteiger charge is 2.30. The number of pyridine rings is 1. The maximum atomic E-state index is 13.6. The highest BCUT2D eigenvalue weighted by Crippen LogP contribution is 2.22. The van der Waals surface area contributed by atoms with Gasteiger partial charge in [-0.15, -0.1) is 0 Å². The molecule has 2 rings (SSSR count). The predicted octanol–water partition coefficient (Wildman–Crippen LogP) is 1.78. The number of hydrogen-bond acceptors (Lipinski definition) is 4. The van der Waals surface area contributed by atoms with Crippen molar-refractivity contribution in [3.8, 4) is 0 Å². The van der Waals surface area contributed by atoms with Gasteiger partial charge >= 0.3 is 5.97 Å². The molecule has 0 aromatic carbocycles. The first-order valence-electron chi connectivity index (χ1n) is 6.61. The van der Waals surface area contributed by atoms with Crippen molar-refractivity contribution < 1.29 is 18.7 Å². The molecule has 6 heteroatoms. The molecular weight excluding hydrogens is 263 g/mol. The monoisotopic (exact) mass is 280 g/mol. The lowest BCUT2D eigenvalue weighted by molar-refractivity contribution is -0.142. The average Bonchev–Trinajstić information content (AvgIpc) is 2.47. The van der Waals surface area contributed by atoms with E-state index in [-0.39, 0.29) is 24.0 Å². The second-order valence-corrected chi connectivity index (χ2v) is 4.77. The number of aromatic nitrogens is 1. The highest BCUT2D eigenvalue weighted by atomic mass is 19.1. The van der Waals surface area contributed by atoms with E-state index in [1.165, 1.54) is 25.4 Å². The van der Waals surface area contributed by atoms with Crippen LogP contribution in [0.2, 0.25) is 0 Å². The molecule has 0 spiro atoms. The van der Waals surface area contributed by atoms with Gasteiger partial charge in [-0.25, -0.2) is 4.98 Å². The lowest BCUT2D eigenvalue weighted by atomic mass is 9.98. The van der Waals surface area contributed by atoms with Crippen molar-refractivity contribution in [2.45, 2.75) is 31.7 Å². The Morgan fingerprint density at radius 1 is 1.50 bits per heavy atom. The van der Waals surface area contributed by atoms with E-state index >= 15 is 0 Å². The summed E-state index contributed by atoms with van der Waals surface area (Å²) in [5.74, 6) is -1.55. The molecule has 1 aliphatic heterocycles. The summed E-state index contributed by atoms with van der Waals surface area (Å²) in [5, 5.41) is 0. The molecule has 108 valence electrons. The summed E-state index contributed by atoms with van der Waals surface area (Å²) in [6.45, 7) is 0.523. The van der Waals surface area contributed by atoms with Crippen molar-refractivity contribution in [2.24, 2.45) is 0 Å². The second kappa shape index (κ2) is 6.45. The molecule has 1 unspecified atom stereocenters. The van der Waals surface area contributed by atoms with Gasteiger partial charge < -0.3 is 9.64 Å². The van der Waals surface area contributed by atoms with Crippen molar-refractivity contribution in [1.82, 2.24) is 9.88 Å². The largest absolute Gasteiger partial charge is 0.469 e. The maximum Gasteiger partial charge on any atom is 0.307 e. The van der Waals surface area contributed by atoms with Gasteiger partial charge in [0.2, 0.25) is 5.95 Å². The van der Waals surface area contributed by atoms with Crippen molar-refractivity contribution in [1.29, 1.82) is 0 Å². The number of rotatable bonds is 3. The molecule has 1 aromatic heterocycles. The molecule has 1 fully saturated rings. The van der Waals surface area contributed by atoms with E-state index < -0.39 is 11.9 Å². The normalized spacial score (nSPS) is 18.7. The molecule has 5 nitrogen and oxygen atoms in total. The van der Waals surface area contributed by atoms with Crippen molar-refractivity contribution in [3.05, 3.63) is 29.8 Å². The van der Waals surface area contributed by atoms with Gasteiger partial charge in [-0.05, 0) is 31.4 Å². The van der Waals surface area contributed by atoms with Crippen LogP contribution in [0.1, 0.15) is 36.0 Å². The Hall–Kier alpha value is -1.98. The summed E-state index contributed by atoms with van der Waals surface area (Å²) < 4.78 is 18.2. The van der Waals surface area contributed by atoms with Crippen molar-refractivity contribution in [3.63, 3.8) is 0 Å². The predicted molar refractivity (Wildman–Crippen MR) is 69.5 cm³/mol. The third-order valence-corrected chi connectivity index (χ3v) is 3.51. The average molecular weight is 280 g/mol. The second-order valence-electron chi connectivity index (χ2n) is 4.77. The minimum Gasteiger partial charge on any atom is -0.469 e. The van der Waals surface area contributed by atoms with Crippen LogP contribution in [0.15, 0.2) is 18.3 Å². The minimum atomic E-state index is -0.778. The fourth-order valence-corrected chi connectivity index (χ4v) is 2.46. The van der Waals surface area contributed by atoms with Crippen LogP contribution in [-0.4, -0.2) is 41.5 Å². The van der Waals surface area contributed by atoms with E-state index in [4.69, 9.17) is 0 Å². The number of amides is 1. The number of carbonyl (C=O) groups excluding carboxylic acids is 2. The van der Waals surface area contributed by atoms with Crippen LogP contribution >= 0.6 is 0 Å². The lowest BCUT2D eigenvalue weighted by Gasteiger charge is -2.35. The van der Waals surface area contributed by atoms with E-state index in [9.17, 15) is 14.0 Å². The first kappa shape index (κ1) is 14.4. The molecule has 0 radical (unpaired) electrons. The van der Waals surface area contributed by atoms with E-state index in [0.29, 0.717) is 6.54 Å². The zero-order chi connectivity index (χ0) is 14.5. The van der Waals surface area contributed by atoms with Gasteiger partial charge in [-0.1, -0.05) is 0 Å². The highest BCUT2D eigenvalue weighted by molar-refractivity contribution is 5.94. The number of hydrogen-bond donors (Lipinski definition) is 0. The van der Waals surface area contributed by atoms with Gasteiger partial charge in [-0.2, -0.15) is 4.39 Å². The van der Waals surface area contributed by atoms with Crippen LogP contribution in [0, 0.1) is 5.95 Å². The van der Waals surface area contributed by atoms with Crippen molar-refractivity contribution >= 4 is 11.9 Å². The van der Waals surface area contributed by atoms with Crippen LogP contribution in [0.25, 0.3) is 0 Å². The summed E-state index contributed by atoms with van der Waals surface area (Å²) in [7, 11) is 1.32. The summed E-state index contributed by atoms with van der Waals surface area (Å²) in [6.07, 6.45) is 3.97. The maximum absolute atomic E-state index is 13.6. The van der Waals surface area contributed by atoms with Crippen LogP contribution in [0.5, 0.6) is 0 Å². The standard InChI is InChI=1S/C14H17FN2O3/c1-20-12(18)9-10-5-2-3-8-17(10)14(19)11-6-4-7-16-13(11)15/h4,6-7,10H,2-3,5,8-9H2,1H3. The number of nitrogens with zero attached hydrogens (tertiary/aromatic N) is 2. The number of carbonyl (C=O) groups is 2. The van der Waals surface area contributed by atoms with E-state index in [2.05, 4.69) is 9.72 Å². The number of likely N-dealkylation sites (tertiary alicyclic amines) is 1.